The molecule has 1 N–H and O–H groups in total. The largest absolute Gasteiger partial charge is 0.339 e. The average Bonchev–Trinajstić information content (AvgIpc) is 2.76. The average molecular weight is 252 g/mol. The van der Waals surface area contributed by atoms with Gasteiger partial charge in [-0.25, -0.2) is 0 Å². The quantitative estimate of drug-likeness (QED) is 0.859. The summed E-state index contributed by atoms with van der Waals surface area (Å²) >= 11 is 0. The SMILES string of the molecule is CC(C)Cc1nc(CN(C)C2CCCNC2)no1. The first kappa shape index (κ1) is 13.5. The second-order valence-electron chi connectivity index (χ2n) is 5.62. The van der Waals surface area contributed by atoms with Crippen molar-refractivity contribution in [2.24, 2.45) is 5.92 Å². The van der Waals surface area contributed by atoms with E-state index in [1.165, 1.54) is 12.8 Å². The minimum Gasteiger partial charge on any atom is -0.339 e. The summed E-state index contributed by atoms with van der Waals surface area (Å²) in [6.45, 7) is 7.29. The molecular weight excluding hydrogens is 228 g/mol. The van der Waals surface area contributed by atoms with Crippen LogP contribution >= 0.6 is 0 Å². The van der Waals surface area contributed by atoms with Gasteiger partial charge in [0.1, 0.15) is 0 Å². The topological polar surface area (TPSA) is 54.2 Å². The minimum atomic E-state index is 0.554. The Balaban J connectivity index is 1.86. The van der Waals surface area contributed by atoms with Crippen LogP contribution in [-0.2, 0) is 13.0 Å². The van der Waals surface area contributed by atoms with Crippen molar-refractivity contribution in [3.8, 4) is 0 Å². The van der Waals surface area contributed by atoms with Gasteiger partial charge in [0.2, 0.25) is 5.89 Å². The third-order valence-electron chi connectivity index (χ3n) is 3.38. The molecular formula is C13H24N4O. The molecule has 2 heterocycles. The van der Waals surface area contributed by atoms with Gasteiger partial charge in [0.15, 0.2) is 5.82 Å². The van der Waals surface area contributed by atoms with Crippen LogP contribution in [0.1, 0.15) is 38.4 Å². The van der Waals surface area contributed by atoms with E-state index in [9.17, 15) is 0 Å². The van der Waals surface area contributed by atoms with Crippen molar-refractivity contribution in [1.82, 2.24) is 20.4 Å². The summed E-state index contributed by atoms with van der Waals surface area (Å²) < 4.78 is 5.26. The summed E-state index contributed by atoms with van der Waals surface area (Å²) in [7, 11) is 2.14. The summed E-state index contributed by atoms with van der Waals surface area (Å²) in [5, 5.41) is 7.48. The smallest absolute Gasteiger partial charge is 0.226 e. The molecule has 102 valence electrons. The molecule has 2 rings (SSSR count). The van der Waals surface area contributed by atoms with Crippen molar-refractivity contribution >= 4 is 0 Å². The number of piperidine rings is 1. The second-order valence-corrected chi connectivity index (χ2v) is 5.62. The molecule has 1 unspecified atom stereocenters. The Bertz CT molecular complexity index is 358. The third kappa shape index (κ3) is 3.78. The summed E-state index contributed by atoms with van der Waals surface area (Å²) in [6, 6.07) is 0.589. The van der Waals surface area contributed by atoms with Crippen molar-refractivity contribution in [3.05, 3.63) is 11.7 Å². The number of nitrogens with zero attached hydrogens (tertiary/aromatic N) is 3. The maximum Gasteiger partial charge on any atom is 0.226 e. The van der Waals surface area contributed by atoms with Crippen LogP contribution < -0.4 is 5.32 Å². The molecule has 1 saturated heterocycles. The van der Waals surface area contributed by atoms with Crippen molar-refractivity contribution < 1.29 is 4.52 Å². The maximum absolute atomic E-state index is 5.26. The van der Waals surface area contributed by atoms with Gasteiger partial charge in [-0.15, -0.1) is 0 Å². The Labute approximate surface area is 109 Å². The zero-order chi connectivity index (χ0) is 13.0. The van der Waals surface area contributed by atoms with Crippen LogP contribution in [0.5, 0.6) is 0 Å². The number of likely N-dealkylation sites (N-methyl/N-ethyl adjacent to an activating group) is 1. The maximum atomic E-state index is 5.26. The van der Waals surface area contributed by atoms with Crippen molar-refractivity contribution in [2.75, 3.05) is 20.1 Å². The Morgan fingerprint density at radius 3 is 3.00 bits per heavy atom. The molecule has 1 aromatic heterocycles. The van der Waals surface area contributed by atoms with E-state index in [1.54, 1.807) is 0 Å². The first-order chi connectivity index (χ1) is 8.65. The third-order valence-corrected chi connectivity index (χ3v) is 3.38. The molecule has 0 radical (unpaired) electrons. The lowest BCUT2D eigenvalue weighted by atomic mass is 10.1. The number of rotatable bonds is 5. The second kappa shape index (κ2) is 6.29. The molecule has 1 aliphatic rings. The molecule has 0 aromatic carbocycles. The van der Waals surface area contributed by atoms with Gasteiger partial charge in [-0.3, -0.25) is 4.90 Å². The highest BCUT2D eigenvalue weighted by Gasteiger charge is 2.19. The highest BCUT2D eigenvalue weighted by atomic mass is 16.5. The molecule has 0 spiro atoms. The van der Waals surface area contributed by atoms with Gasteiger partial charge in [-0.1, -0.05) is 19.0 Å². The summed E-state index contributed by atoms with van der Waals surface area (Å²) in [5.74, 6) is 2.12. The summed E-state index contributed by atoms with van der Waals surface area (Å²) in [4.78, 5) is 6.76. The molecule has 0 amide bonds. The molecule has 5 nitrogen and oxygen atoms in total. The summed E-state index contributed by atoms with van der Waals surface area (Å²) in [6.07, 6.45) is 3.36. The summed E-state index contributed by atoms with van der Waals surface area (Å²) in [5.41, 5.74) is 0. The molecule has 0 saturated carbocycles. The van der Waals surface area contributed by atoms with Gasteiger partial charge in [0.25, 0.3) is 0 Å². The molecule has 1 aromatic rings. The number of nitrogens with one attached hydrogen (secondary N) is 1. The van der Waals surface area contributed by atoms with Gasteiger partial charge in [-0.05, 0) is 32.4 Å². The van der Waals surface area contributed by atoms with Crippen molar-refractivity contribution in [2.45, 2.75) is 45.7 Å². The van der Waals surface area contributed by atoms with Crippen LogP contribution in [-0.4, -0.2) is 41.2 Å². The van der Waals surface area contributed by atoms with Crippen LogP contribution in [0.15, 0.2) is 4.52 Å². The normalized spacial score (nSPS) is 20.8. The van der Waals surface area contributed by atoms with E-state index < -0.39 is 0 Å². The van der Waals surface area contributed by atoms with Gasteiger partial charge in [-0.2, -0.15) is 4.98 Å². The van der Waals surface area contributed by atoms with E-state index in [1.807, 2.05) is 0 Å². The minimum absolute atomic E-state index is 0.554. The standard InChI is InChI=1S/C13H24N4O/c1-10(2)7-13-15-12(16-18-13)9-17(3)11-5-4-6-14-8-11/h10-11,14H,4-9H2,1-3H3. The van der Waals surface area contributed by atoms with Crippen LogP contribution in [0.2, 0.25) is 0 Å². The fraction of sp³-hybridized carbons (Fsp3) is 0.846. The van der Waals surface area contributed by atoms with E-state index >= 15 is 0 Å². The lowest BCUT2D eigenvalue weighted by Gasteiger charge is -2.30. The van der Waals surface area contributed by atoms with Gasteiger partial charge in [0.05, 0.1) is 6.54 Å². The number of hydrogen-bond donors (Lipinski definition) is 1. The van der Waals surface area contributed by atoms with Gasteiger partial charge < -0.3 is 9.84 Å². The molecule has 1 atom stereocenters. The first-order valence-electron chi connectivity index (χ1n) is 6.87. The molecule has 0 aliphatic carbocycles. The Morgan fingerprint density at radius 2 is 2.33 bits per heavy atom. The predicted molar refractivity (Wildman–Crippen MR) is 70.2 cm³/mol. The van der Waals surface area contributed by atoms with Crippen LogP contribution in [0.3, 0.4) is 0 Å². The monoisotopic (exact) mass is 252 g/mol. The number of hydrogen-bond acceptors (Lipinski definition) is 5. The van der Waals surface area contributed by atoms with E-state index in [0.717, 1.165) is 37.8 Å². The zero-order valence-electron chi connectivity index (χ0n) is 11.6. The van der Waals surface area contributed by atoms with Gasteiger partial charge >= 0.3 is 0 Å². The van der Waals surface area contributed by atoms with E-state index in [2.05, 4.69) is 41.3 Å². The van der Waals surface area contributed by atoms with Crippen LogP contribution in [0, 0.1) is 5.92 Å². The Kier molecular flexibility index (Phi) is 4.72. The molecule has 18 heavy (non-hydrogen) atoms. The highest BCUT2D eigenvalue weighted by molar-refractivity contribution is 4.88. The fourth-order valence-corrected chi connectivity index (χ4v) is 2.35. The molecule has 1 fully saturated rings. The van der Waals surface area contributed by atoms with Crippen LogP contribution in [0.25, 0.3) is 0 Å². The molecule has 0 bridgehead atoms. The van der Waals surface area contributed by atoms with Crippen LogP contribution in [0.4, 0.5) is 0 Å². The first-order valence-corrected chi connectivity index (χ1v) is 6.87. The fourth-order valence-electron chi connectivity index (χ4n) is 2.35. The van der Waals surface area contributed by atoms with Gasteiger partial charge in [0, 0.05) is 19.0 Å². The predicted octanol–water partition coefficient (Wildman–Crippen LogP) is 1.45. The van der Waals surface area contributed by atoms with Crippen molar-refractivity contribution in [3.63, 3.8) is 0 Å². The lowest BCUT2D eigenvalue weighted by Crippen LogP contribution is -2.43. The Hall–Kier alpha value is -0.940. The van der Waals surface area contributed by atoms with Crippen molar-refractivity contribution in [1.29, 1.82) is 0 Å². The zero-order valence-corrected chi connectivity index (χ0v) is 11.6. The lowest BCUT2D eigenvalue weighted by molar-refractivity contribution is 0.189. The van der Waals surface area contributed by atoms with E-state index in [0.29, 0.717) is 12.0 Å². The molecule has 1 aliphatic heterocycles. The Morgan fingerprint density at radius 1 is 1.50 bits per heavy atom. The number of aromatic nitrogens is 2. The van der Waals surface area contributed by atoms with E-state index in [4.69, 9.17) is 4.52 Å². The molecule has 5 heteroatoms. The highest BCUT2D eigenvalue weighted by Crippen LogP contribution is 2.12. The van der Waals surface area contributed by atoms with E-state index in [-0.39, 0.29) is 0 Å².